The lowest BCUT2D eigenvalue weighted by molar-refractivity contribution is -0.131. The summed E-state index contributed by atoms with van der Waals surface area (Å²) >= 11 is 0. The van der Waals surface area contributed by atoms with Gasteiger partial charge in [-0.2, -0.15) is 0 Å². The summed E-state index contributed by atoms with van der Waals surface area (Å²) in [5.41, 5.74) is 3.65. The van der Waals surface area contributed by atoms with Gasteiger partial charge in [-0.1, -0.05) is 24.3 Å². The molecule has 0 bridgehead atoms. The number of hydrogen-bond donors (Lipinski definition) is 2. The second kappa shape index (κ2) is 8.57. The zero-order valence-corrected chi connectivity index (χ0v) is 18.7. The van der Waals surface area contributed by atoms with Crippen molar-refractivity contribution in [3.05, 3.63) is 58.5 Å². The second-order valence-corrected chi connectivity index (χ2v) is 10.7. The van der Waals surface area contributed by atoms with Crippen molar-refractivity contribution < 1.29 is 23.2 Å². The maximum absolute atomic E-state index is 12.6. The Morgan fingerprint density at radius 3 is 2.32 bits per heavy atom. The maximum atomic E-state index is 12.6. The number of methoxy groups -OCH3 is 1. The number of aromatic nitrogens is 1. The number of nitrogens with one attached hydrogen (secondary N) is 1. The van der Waals surface area contributed by atoms with E-state index in [2.05, 4.69) is 0 Å². The standard InChI is InChI=1S/C22H28N2O6S/c1-21(20(26)23-27,31(3,28)29)12-14-24-13-9-17(15-19(24)25)16-5-7-18(8-6-16)22(30-2)10-4-11-22/h5-9,13,15,27H,4,10-12,14H2,1-3H3,(H,23,26)/t21-/m1/s1. The van der Waals surface area contributed by atoms with Gasteiger partial charge in [0.15, 0.2) is 14.6 Å². The zero-order valence-electron chi connectivity index (χ0n) is 17.9. The topological polar surface area (TPSA) is 115 Å². The van der Waals surface area contributed by atoms with E-state index in [1.165, 1.54) is 23.0 Å². The van der Waals surface area contributed by atoms with Gasteiger partial charge in [-0.3, -0.25) is 14.8 Å². The van der Waals surface area contributed by atoms with Crippen molar-refractivity contribution in [2.45, 2.75) is 49.5 Å². The Kier molecular flexibility index (Phi) is 6.40. The summed E-state index contributed by atoms with van der Waals surface area (Å²) in [5, 5.41) is 8.91. The van der Waals surface area contributed by atoms with Crippen LogP contribution < -0.4 is 11.0 Å². The Labute approximate surface area is 181 Å². The van der Waals surface area contributed by atoms with Crippen LogP contribution in [0.2, 0.25) is 0 Å². The van der Waals surface area contributed by atoms with E-state index in [-0.39, 0.29) is 24.1 Å². The summed E-state index contributed by atoms with van der Waals surface area (Å²) in [4.78, 5) is 24.5. The van der Waals surface area contributed by atoms with Crippen molar-refractivity contribution >= 4 is 15.7 Å². The van der Waals surface area contributed by atoms with Crippen LogP contribution in [0.25, 0.3) is 11.1 Å². The average molecular weight is 449 g/mol. The normalized spacial score (nSPS) is 17.4. The molecule has 2 N–H and O–H groups in total. The van der Waals surface area contributed by atoms with E-state index in [1.807, 2.05) is 24.3 Å². The highest BCUT2D eigenvalue weighted by molar-refractivity contribution is 7.92. The molecule has 2 aromatic rings. The number of hydroxylamine groups is 1. The highest BCUT2D eigenvalue weighted by atomic mass is 32.2. The van der Waals surface area contributed by atoms with Crippen molar-refractivity contribution in [1.82, 2.24) is 10.0 Å². The van der Waals surface area contributed by atoms with E-state index < -0.39 is 20.5 Å². The molecule has 1 heterocycles. The van der Waals surface area contributed by atoms with E-state index in [0.717, 1.165) is 42.2 Å². The van der Waals surface area contributed by atoms with Gasteiger partial charge in [0.1, 0.15) is 0 Å². The van der Waals surface area contributed by atoms with Gasteiger partial charge >= 0.3 is 0 Å². The number of amides is 1. The van der Waals surface area contributed by atoms with Crippen LogP contribution >= 0.6 is 0 Å². The van der Waals surface area contributed by atoms with Gasteiger partial charge in [0, 0.05) is 32.2 Å². The number of benzene rings is 1. The third-order valence-corrected chi connectivity index (χ3v) is 8.55. The Bertz CT molecular complexity index is 1110. The number of carbonyl (C=O) groups is 1. The van der Waals surface area contributed by atoms with Gasteiger partial charge in [-0.15, -0.1) is 0 Å². The first-order valence-electron chi connectivity index (χ1n) is 10.1. The van der Waals surface area contributed by atoms with Crippen LogP contribution in [0.4, 0.5) is 0 Å². The Morgan fingerprint density at radius 1 is 1.23 bits per heavy atom. The smallest absolute Gasteiger partial charge is 0.264 e. The molecule has 0 radical (unpaired) electrons. The van der Waals surface area contributed by atoms with Crippen LogP contribution in [-0.4, -0.2) is 42.2 Å². The van der Waals surface area contributed by atoms with E-state index in [0.29, 0.717) is 0 Å². The minimum absolute atomic E-state index is 0.00536. The number of hydrogen-bond acceptors (Lipinski definition) is 6. The molecule has 31 heavy (non-hydrogen) atoms. The van der Waals surface area contributed by atoms with Gasteiger partial charge in [0.25, 0.3) is 11.5 Å². The van der Waals surface area contributed by atoms with E-state index in [4.69, 9.17) is 9.94 Å². The van der Waals surface area contributed by atoms with Crippen LogP contribution in [0.15, 0.2) is 47.4 Å². The van der Waals surface area contributed by atoms with Crippen LogP contribution in [0.3, 0.4) is 0 Å². The first kappa shape index (κ1) is 23.2. The van der Waals surface area contributed by atoms with Crippen molar-refractivity contribution in [2.24, 2.45) is 0 Å². The van der Waals surface area contributed by atoms with Gasteiger partial charge in [-0.25, -0.2) is 13.9 Å². The molecule has 1 aromatic carbocycles. The highest BCUT2D eigenvalue weighted by Crippen LogP contribution is 2.44. The number of pyridine rings is 1. The summed E-state index contributed by atoms with van der Waals surface area (Å²) in [6.45, 7) is 1.23. The molecular weight excluding hydrogens is 420 g/mol. The lowest BCUT2D eigenvalue weighted by Crippen LogP contribution is -2.49. The van der Waals surface area contributed by atoms with Crippen molar-refractivity contribution in [3.8, 4) is 11.1 Å². The highest BCUT2D eigenvalue weighted by Gasteiger charge is 2.43. The lowest BCUT2D eigenvalue weighted by Gasteiger charge is -2.41. The molecule has 0 aliphatic heterocycles. The summed E-state index contributed by atoms with van der Waals surface area (Å²) in [7, 11) is -2.10. The summed E-state index contributed by atoms with van der Waals surface area (Å²) < 4.78 is 29.4. The molecule has 3 rings (SSSR count). The van der Waals surface area contributed by atoms with E-state index in [9.17, 15) is 18.0 Å². The predicted molar refractivity (Wildman–Crippen MR) is 116 cm³/mol. The monoisotopic (exact) mass is 448 g/mol. The molecule has 168 valence electrons. The van der Waals surface area contributed by atoms with Gasteiger partial charge in [0.2, 0.25) is 0 Å². The van der Waals surface area contributed by atoms with E-state index in [1.54, 1.807) is 19.4 Å². The molecule has 0 spiro atoms. The van der Waals surface area contributed by atoms with Crippen LogP contribution in [-0.2, 0) is 31.5 Å². The van der Waals surface area contributed by atoms with Crippen LogP contribution in [0.1, 0.15) is 38.2 Å². The molecule has 1 aromatic heterocycles. The predicted octanol–water partition coefficient (Wildman–Crippen LogP) is 2.24. The molecule has 1 fully saturated rings. The Hall–Kier alpha value is -2.49. The number of ether oxygens (including phenoxy) is 1. The lowest BCUT2D eigenvalue weighted by atomic mass is 9.74. The number of rotatable bonds is 8. The molecule has 0 saturated heterocycles. The SMILES string of the molecule is COC1(c2ccc(-c3ccn(CC[C@](C)(C(=O)NO)S(C)(=O)=O)c(=O)c3)cc2)CCC1. The Balaban J connectivity index is 1.79. The number of nitrogens with zero attached hydrogens (tertiary/aromatic N) is 1. The average Bonchev–Trinajstić information content (AvgIpc) is 2.71. The number of carbonyl (C=O) groups excluding carboxylic acids is 1. The minimum atomic E-state index is -3.82. The van der Waals surface area contributed by atoms with Crippen molar-refractivity contribution in [1.29, 1.82) is 0 Å². The fraction of sp³-hybridized carbons (Fsp3) is 0.455. The maximum Gasteiger partial charge on any atom is 0.264 e. The van der Waals surface area contributed by atoms with Gasteiger partial charge < -0.3 is 9.30 Å². The molecule has 9 heteroatoms. The quantitative estimate of drug-likeness (QED) is 0.473. The third-order valence-electron chi connectivity index (χ3n) is 6.52. The number of aryl methyl sites for hydroxylation is 1. The minimum Gasteiger partial charge on any atom is -0.374 e. The molecule has 8 nitrogen and oxygen atoms in total. The molecule has 1 aliphatic carbocycles. The first-order valence-corrected chi connectivity index (χ1v) is 12.0. The van der Waals surface area contributed by atoms with Crippen molar-refractivity contribution in [2.75, 3.05) is 13.4 Å². The first-order chi connectivity index (χ1) is 14.6. The number of sulfone groups is 1. The third kappa shape index (κ3) is 4.30. The summed E-state index contributed by atoms with van der Waals surface area (Å²) in [6.07, 6.45) is 5.49. The summed E-state index contributed by atoms with van der Waals surface area (Å²) in [5.74, 6) is -1.03. The van der Waals surface area contributed by atoms with E-state index >= 15 is 0 Å². The fourth-order valence-electron chi connectivity index (χ4n) is 3.87. The largest absolute Gasteiger partial charge is 0.374 e. The van der Waals surface area contributed by atoms with Crippen LogP contribution in [0, 0.1) is 0 Å². The molecule has 1 atom stereocenters. The van der Waals surface area contributed by atoms with Gasteiger partial charge in [0.05, 0.1) is 5.60 Å². The van der Waals surface area contributed by atoms with Gasteiger partial charge in [-0.05, 0) is 55.4 Å². The van der Waals surface area contributed by atoms with Crippen molar-refractivity contribution in [3.63, 3.8) is 0 Å². The summed E-state index contributed by atoms with van der Waals surface area (Å²) in [6, 6.07) is 11.2. The molecular formula is C22H28N2O6S. The fourth-order valence-corrected chi connectivity index (χ4v) is 4.71. The van der Waals surface area contributed by atoms with Crippen LogP contribution in [0.5, 0.6) is 0 Å². The molecule has 1 saturated carbocycles. The second-order valence-electron chi connectivity index (χ2n) is 8.27. The molecule has 0 unspecified atom stereocenters. The molecule has 1 amide bonds. The zero-order chi connectivity index (χ0) is 22.9. The Morgan fingerprint density at radius 2 is 1.87 bits per heavy atom. The molecule has 1 aliphatic rings.